The van der Waals surface area contributed by atoms with Crippen molar-refractivity contribution in [1.29, 1.82) is 0 Å². The van der Waals surface area contributed by atoms with Crippen molar-refractivity contribution in [2.75, 3.05) is 25.5 Å². The van der Waals surface area contributed by atoms with Crippen molar-refractivity contribution in [3.8, 4) is 0 Å². The van der Waals surface area contributed by atoms with Crippen LogP contribution in [0.5, 0.6) is 0 Å². The minimum atomic E-state index is 0.0323. The second-order valence-corrected chi connectivity index (χ2v) is 2.77. The number of alkyl halides is 1. The molecule has 0 radical (unpaired) electrons. The van der Waals surface area contributed by atoms with Crippen LogP contribution in [0, 0.1) is 0 Å². The van der Waals surface area contributed by atoms with Crippen molar-refractivity contribution in [3.05, 3.63) is 0 Å². The van der Waals surface area contributed by atoms with E-state index in [2.05, 4.69) is 15.9 Å². The Labute approximate surface area is 69.1 Å². The fourth-order valence-corrected chi connectivity index (χ4v) is 0.886. The summed E-state index contributed by atoms with van der Waals surface area (Å²) >= 11 is 3.16. The van der Waals surface area contributed by atoms with E-state index in [4.69, 9.17) is 5.11 Å². The lowest BCUT2D eigenvalue weighted by atomic mass is 10.4. The molecule has 0 aliphatic carbocycles. The molecule has 0 spiro atoms. The molecule has 0 aromatic carbocycles. The van der Waals surface area contributed by atoms with E-state index in [0.29, 0.717) is 18.3 Å². The molecule has 0 aliphatic heterocycles. The summed E-state index contributed by atoms with van der Waals surface area (Å²) in [7, 11) is 1.68. The zero-order valence-corrected chi connectivity index (χ0v) is 7.60. The molecule has 4 heteroatoms. The Morgan fingerprint density at radius 1 is 1.70 bits per heavy atom. The summed E-state index contributed by atoms with van der Waals surface area (Å²) in [5.41, 5.74) is 0. The van der Waals surface area contributed by atoms with Gasteiger partial charge in [-0.05, 0) is 0 Å². The molecule has 60 valence electrons. The van der Waals surface area contributed by atoms with Crippen LogP contribution in [0.4, 0.5) is 0 Å². The van der Waals surface area contributed by atoms with Crippen LogP contribution in [0.15, 0.2) is 0 Å². The van der Waals surface area contributed by atoms with E-state index < -0.39 is 0 Å². The minimum absolute atomic E-state index is 0.0323. The second-order valence-electron chi connectivity index (χ2n) is 1.98. The summed E-state index contributed by atoms with van der Waals surface area (Å²) in [5, 5.41) is 9.13. The molecule has 0 aromatic rings. The number of likely N-dealkylation sites (N-methyl/N-ethyl adjacent to an activating group) is 1. The number of carbonyl (C=O) groups excluding carboxylic acids is 1. The highest BCUT2D eigenvalue weighted by atomic mass is 79.9. The molecule has 1 N–H and O–H groups in total. The Balaban J connectivity index is 3.49. The SMILES string of the molecule is CN(CCO)C(=O)CCBr. The highest BCUT2D eigenvalue weighted by Crippen LogP contribution is 1.93. The Bertz CT molecular complexity index is 108. The van der Waals surface area contributed by atoms with Gasteiger partial charge in [0.15, 0.2) is 0 Å². The molecule has 0 heterocycles. The molecular formula is C6H12BrNO2. The van der Waals surface area contributed by atoms with Gasteiger partial charge in [-0.2, -0.15) is 0 Å². The molecular weight excluding hydrogens is 198 g/mol. The highest BCUT2D eigenvalue weighted by Gasteiger charge is 2.04. The van der Waals surface area contributed by atoms with Crippen LogP contribution in [0.25, 0.3) is 0 Å². The van der Waals surface area contributed by atoms with E-state index in [-0.39, 0.29) is 12.5 Å². The summed E-state index contributed by atoms with van der Waals surface area (Å²) in [6.07, 6.45) is 0.497. The van der Waals surface area contributed by atoms with Gasteiger partial charge in [0, 0.05) is 25.3 Å². The van der Waals surface area contributed by atoms with Gasteiger partial charge in [0.05, 0.1) is 6.61 Å². The zero-order valence-electron chi connectivity index (χ0n) is 6.01. The molecule has 0 saturated heterocycles. The zero-order chi connectivity index (χ0) is 7.98. The van der Waals surface area contributed by atoms with Crippen molar-refractivity contribution in [2.45, 2.75) is 6.42 Å². The molecule has 0 fully saturated rings. The smallest absolute Gasteiger partial charge is 0.223 e. The first-order chi connectivity index (χ1) is 4.72. The monoisotopic (exact) mass is 209 g/mol. The van der Waals surface area contributed by atoms with Gasteiger partial charge < -0.3 is 10.0 Å². The summed E-state index contributed by atoms with van der Waals surface area (Å²) in [5.74, 6) is 0.0610. The van der Waals surface area contributed by atoms with Crippen molar-refractivity contribution < 1.29 is 9.90 Å². The number of aliphatic hydroxyl groups excluding tert-OH is 1. The van der Waals surface area contributed by atoms with Gasteiger partial charge in [0.1, 0.15) is 0 Å². The molecule has 10 heavy (non-hydrogen) atoms. The number of amides is 1. The van der Waals surface area contributed by atoms with Gasteiger partial charge >= 0.3 is 0 Å². The third kappa shape index (κ3) is 3.85. The van der Waals surface area contributed by atoms with E-state index in [1.807, 2.05) is 0 Å². The van der Waals surface area contributed by atoms with Crippen LogP contribution in [0.1, 0.15) is 6.42 Å². The molecule has 0 rings (SSSR count). The third-order valence-electron chi connectivity index (χ3n) is 1.17. The maximum absolute atomic E-state index is 10.9. The fourth-order valence-electron chi connectivity index (χ4n) is 0.546. The molecule has 0 unspecified atom stereocenters. The number of rotatable bonds is 4. The van der Waals surface area contributed by atoms with Crippen LogP contribution in [0.2, 0.25) is 0 Å². The Morgan fingerprint density at radius 2 is 2.30 bits per heavy atom. The fraction of sp³-hybridized carbons (Fsp3) is 0.833. The lowest BCUT2D eigenvalue weighted by Gasteiger charge is -2.14. The first kappa shape index (κ1) is 9.91. The van der Waals surface area contributed by atoms with Crippen molar-refractivity contribution in [1.82, 2.24) is 4.90 Å². The highest BCUT2D eigenvalue weighted by molar-refractivity contribution is 9.09. The van der Waals surface area contributed by atoms with Crippen LogP contribution in [-0.4, -0.2) is 41.4 Å². The van der Waals surface area contributed by atoms with Gasteiger partial charge in [-0.15, -0.1) is 0 Å². The second kappa shape index (κ2) is 5.68. The molecule has 0 aliphatic rings. The number of nitrogens with zero attached hydrogens (tertiary/aromatic N) is 1. The standard InChI is InChI=1S/C6H12BrNO2/c1-8(4-5-9)6(10)2-3-7/h9H,2-5H2,1H3. The van der Waals surface area contributed by atoms with Gasteiger partial charge in [0.2, 0.25) is 5.91 Å². The summed E-state index contributed by atoms with van der Waals surface area (Å²) in [6, 6.07) is 0. The first-order valence-corrected chi connectivity index (χ1v) is 4.25. The van der Waals surface area contributed by atoms with E-state index in [0.717, 1.165) is 0 Å². The van der Waals surface area contributed by atoms with Gasteiger partial charge in [0.25, 0.3) is 0 Å². The van der Waals surface area contributed by atoms with Crippen LogP contribution >= 0.6 is 15.9 Å². The van der Waals surface area contributed by atoms with Crippen molar-refractivity contribution in [3.63, 3.8) is 0 Å². The quantitative estimate of drug-likeness (QED) is 0.674. The lowest BCUT2D eigenvalue weighted by Crippen LogP contribution is -2.29. The maximum Gasteiger partial charge on any atom is 0.223 e. The topological polar surface area (TPSA) is 40.5 Å². The van der Waals surface area contributed by atoms with Crippen molar-refractivity contribution >= 4 is 21.8 Å². The lowest BCUT2D eigenvalue weighted by molar-refractivity contribution is -0.129. The van der Waals surface area contributed by atoms with E-state index in [1.54, 1.807) is 7.05 Å². The Kier molecular flexibility index (Phi) is 5.63. The van der Waals surface area contributed by atoms with Gasteiger partial charge in [-0.25, -0.2) is 0 Å². The number of aliphatic hydroxyl groups is 1. The predicted molar refractivity (Wildman–Crippen MR) is 43.1 cm³/mol. The summed E-state index contributed by atoms with van der Waals surface area (Å²) in [6.45, 7) is 0.455. The molecule has 0 atom stereocenters. The van der Waals surface area contributed by atoms with E-state index in [1.165, 1.54) is 4.90 Å². The van der Waals surface area contributed by atoms with Crippen LogP contribution in [0.3, 0.4) is 0 Å². The first-order valence-electron chi connectivity index (χ1n) is 3.13. The number of carbonyl (C=O) groups is 1. The van der Waals surface area contributed by atoms with Gasteiger partial charge in [-0.3, -0.25) is 4.79 Å². The van der Waals surface area contributed by atoms with Gasteiger partial charge in [-0.1, -0.05) is 15.9 Å². The molecule has 0 saturated carbocycles. The van der Waals surface area contributed by atoms with Crippen LogP contribution < -0.4 is 0 Å². The summed E-state index contributed by atoms with van der Waals surface area (Å²) in [4.78, 5) is 12.4. The number of hydrogen-bond acceptors (Lipinski definition) is 2. The molecule has 1 amide bonds. The number of halogens is 1. The van der Waals surface area contributed by atoms with E-state index in [9.17, 15) is 4.79 Å². The van der Waals surface area contributed by atoms with E-state index >= 15 is 0 Å². The normalized spacial score (nSPS) is 9.50. The van der Waals surface area contributed by atoms with Crippen molar-refractivity contribution in [2.24, 2.45) is 0 Å². The molecule has 3 nitrogen and oxygen atoms in total. The Hall–Kier alpha value is -0.0900. The molecule has 0 aromatic heterocycles. The predicted octanol–water partition coefficient (Wildman–Crippen LogP) is 0.222. The van der Waals surface area contributed by atoms with Crippen LogP contribution in [-0.2, 0) is 4.79 Å². The average molecular weight is 210 g/mol. The number of hydrogen-bond donors (Lipinski definition) is 1. The maximum atomic E-state index is 10.9. The largest absolute Gasteiger partial charge is 0.395 e. The summed E-state index contributed by atoms with van der Waals surface area (Å²) < 4.78 is 0. The molecule has 0 bridgehead atoms. The average Bonchev–Trinajstić information content (AvgIpc) is 1.89. The minimum Gasteiger partial charge on any atom is -0.395 e. The Morgan fingerprint density at radius 3 is 2.70 bits per heavy atom. The third-order valence-corrected chi connectivity index (χ3v) is 1.57.